The van der Waals surface area contributed by atoms with Crippen molar-refractivity contribution in [1.82, 2.24) is 9.55 Å². The SMILES string of the molecule is COc1ccc(N)cc1NC(=O)C(C)Sc1nccn1C. The van der Waals surface area contributed by atoms with Gasteiger partial charge in [-0.3, -0.25) is 4.79 Å². The van der Waals surface area contributed by atoms with E-state index in [0.717, 1.165) is 5.16 Å². The number of methoxy groups -OCH3 is 1. The summed E-state index contributed by atoms with van der Waals surface area (Å²) in [4.78, 5) is 16.5. The minimum atomic E-state index is -0.294. The molecule has 0 aliphatic heterocycles. The Morgan fingerprint density at radius 2 is 2.29 bits per heavy atom. The number of rotatable bonds is 5. The Morgan fingerprint density at radius 3 is 2.90 bits per heavy atom. The van der Waals surface area contributed by atoms with Crippen LogP contribution in [0.3, 0.4) is 0 Å². The second-order valence-corrected chi connectivity index (χ2v) is 5.84. The topological polar surface area (TPSA) is 82.2 Å². The molecular weight excluding hydrogens is 288 g/mol. The number of hydrogen-bond donors (Lipinski definition) is 2. The van der Waals surface area contributed by atoms with Gasteiger partial charge in [-0.15, -0.1) is 0 Å². The molecule has 21 heavy (non-hydrogen) atoms. The number of carbonyl (C=O) groups excluding carboxylic acids is 1. The van der Waals surface area contributed by atoms with E-state index in [1.54, 1.807) is 31.5 Å². The minimum Gasteiger partial charge on any atom is -0.495 e. The number of imidazole rings is 1. The molecule has 0 spiro atoms. The summed E-state index contributed by atoms with van der Waals surface area (Å²) in [5.74, 6) is 0.443. The Labute approximate surface area is 127 Å². The fourth-order valence-corrected chi connectivity index (χ4v) is 2.57. The lowest BCUT2D eigenvalue weighted by molar-refractivity contribution is -0.115. The second-order valence-electron chi connectivity index (χ2n) is 4.53. The first-order chi connectivity index (χ1) is 10.0. The molecule has 1 aromatic carbocycles. The molecule has 2 rings (SSSR count). The van der Waals surface area contributed by atoms with Crippen LogP contribution in [0.5, 0.6) is 5.75 Å². The van der Waals surface area contributed by atoms with Crippen molar-refractivity contribution in [3.8, 4) is 5.75 Å². The average Bonchev–Trinajstić information content (AvgIpc) is 2.84. The summed E-state index contributed by atoms with van der Waals surface area (Å²) in [5.41, 5.74) is 6.87. The number of anilines is 2. The van der Waals surface area contributed by atoms with E-state index >= 15 is 0 Å². The molecule has 1 aromatic heterocycles. The summed E-state index contributed by atoms with van der Waals surface area (Å²) in [6, 6.07) is 5.12. The summed E-state index contributed by atoms with van der Waals surface area (Å²) in [6.07, 6.45) is 3.54. The first kappa shape index (κ1) is 15.2. The van der Waals surface area contributed by atoms with Gasteiger partial charge in [-0.05, 0) is 25.1 Å². The Balaban J connectivity index is 2.07. The number of aryl methyl sites for hydroxylation is 1. The van der Waals surface area contributed by atoms with E-state index in [2.05, 4.69) is 10.3 Å². The molecule has 7 heteroatoms. The number of ether oxygens (including phenoxy) is 1. The van der Waals surface area contributed by atoms with Crippen molar-refractivity contribution in [2.75, 3.05) is 18.2 Å². The lowest BCUT2D eigenvalue weighted by Gasteiger charge is -2.14. The second kappa shape index (κ2) is 6.53. The lowest BCUT2D eigenvalue weighted by Crippen LogP contribution is -2.23. The third kappa shape index (κ3) is 3.69. The molecule has 0 bridgehead atoms. The van der Waals surface area contributed by atoms with Crippen molar-refractivity contribution in [2.24, 2.45) is 7.05 Å². The van der Waals surface area contributed by atoms with E-state index in [1.165, 1.54) is 11.8 Å². The van der Waals surface area contributed by atoms with Crippen molar-refractivity contribution >= 4 is 29.0 Å². The number of nitrogens with zero attached hydrogens (tertiary/aromatic N) is 2. The molecule has 1 heterocycles. The van der Waals surface area contributed by atoms with Crippen LogP contribution in [0.2, 0.25) is 0 Å². The standard InChI is InChI=1S/C14H18N4O2S/c1-9(21-14-16-6-7-18(14)2)13(19)17-11-8-10(15)4-5-12(11)20-3/h4-9H,15H2,1-3H3,(H,17,19). The Morgan fingerprint density at radius 1 is 1.52 bits per heavy atom. The van der Waals surface area contributed by atoms with Crippen molar-refractivity contribution in [1.29, 1.82) is 0 Å². The van der Waals surface area contributed by atoms with Gasteiger partial charge in [0.1, 0.15) is 5.75 Å². The molecular formula is C14H18N4O2S. The number of nitrogens with one attached hydrogen (secondary N) is 1. The predicted octanol–water partition coefficient (Wildman–Crippen LogP) is 2.13. The first-order valence-corrected chi connectivity index (χ1v) is 7.27. The molecule has 3 N–H and O–H groups in total. The molecule has 1 amide bonds. The number of amides is 1. The average molecular weight is 306 g/mol. The highest BCUT2D eigenvalue weighted by Crippen LogP contribution is 2.28. The van der Waals surface area contributed by atoms with Crippen molar-refractivity contribution in [3.05, 3.63) is 30.6 Å². The highest BCUT2D eigenvalue weighted by atomic mass is 32.2. The van der Waals surface area contributed by atoms with Crippen LogP contribution in [0.15, 0.2) is 35.7 Å². The minimum absolute atomic E-state index is 0.132. The van der Waals surface area contributed by atoms with Gasteiger partial charge in [0.05, 0.1) is 18.0 Å². The van der Waals surface area contributed by atoms with Crippen LogP contribution < -0.4 is 15.8 Å². The highest BCUT2D eigenvalue weighted by molar-refractivity contribution is 8.00. The normalized spacial score (nSPS) is 12.0. The maximum Gasteiger partial charge on any atom is 0.237 e. The van der Waals surface area contributed by atoms with Gasteiger partial charge in [0.2, 0.25) is 5.91 Å². The fourth-order valence-electron chi connectivity index (χ4n) is 1.73. The van der Waals surface area contributed by atoms with Crippen LogP contribution in [0.1, 0.15) is 6.92 Å². The number of thioether (sulfide) groups is 1. The van der Waals surface area contributed by atoms with Gasteiger partial charge in [-0.25, -0.2) is 4.98 Å². The van der Waals surface area contributed by atoms with Gasteiger partial charge in [-0.2, -0.15) is 0 Å². The molecule has 0 saturated heterocycles. The first-order valence-electron chi connectivity index (χ1n) is 6.39. The molecule has 0 saturated carbocycles. The Hall–Kier alpha value is -2.15. The van der Waals surface area contributed by atoms with E-state index in [4.69, 9.17) is 10.5 Å². The van der Waals surface area contributed by atoms with E-state index in [9.17, 15) is 4.79 Å². The predicted molar refractivity (Wildman–Crippen MR) is 84.6 cm³/mol. The number of aromatic nitrogens is 2. The number of benzene rings is 1. The molecule has 0 radical (unpaired) electrons. The van der Waals surface area contributed by atoms with Crippen LogP contribution in [-0.4, -0.2) is 27.8 Å². The summed E-state index contributed by atoms with van der Waals surface area (Å²) >= 11 is 1.39. The zero-order valence-electron chi connectivity index (χ0n) is 12.2. The van der Waals surface area contributed by atoms with Gasteiger partial charge in [0.25, 0.3) is 0 Å². The number of nitrogens with two attached hydrogens (primary N) is 1. The van der Waals surface area contributed by atoms with Gasteiger partial charge in [0.15, 0.2) is 5.16 Å². The van der Waals surface area contributed by atoms with E-state index in [0.29, 0.717) is 17.1 Å². The quantitative estimate of drug-likeness (QED) is 0.653. The third-order valence-electron chi connectivity index (χ3n) is 2.91. The third-order valence-corrected chi connectivity index (χ3v) is 4.08. The number of nitrogen functional groups attached to an aromatic ring is 1. The van der Waals surface area contributed by atoms with Crippen LogP contribution in [0.4, 0.5) is 11.4 Å². The molecule has 112 valence electrons. The zero-order chi connectivity index (χ0) is 15.4. The number of hydrogen-bond acceptors (Lipinski definition) is 5. The van der Waals surface area contributed by atoms with Crippen LogP contribution >= 0.6 is 11.8 Å². The highest BCUT2D eigenvalue weighted by Gasteiger charge is 2.18. The van der Waals surface area contributed by atoms with Gasteiger partial charge >= 0.3 is 0 Å². The van der Waals surface area contributed by atoms with E-state index < -0.39 is 0 Å². The monoisotopic (exact) mass is 306 g/mol. The molecule has 1 unspecified atom stereocenters. The molecule has 1 atom stereocenters. The maximum absolute atomic E-state index is 12.3. The summed E-state index contributed by atoms with van der Waals surface area (Å²) in [7, 11) is 3.44. The molecule has 0 aliphatic carbocycles. The summed E-state index contributed by atoms with van der Waals surface area (Å²) < 4.78 is 7.08. The Bertz CT molecular complexity index is 642. The van der Waals surface area contributed by atoms with Crippen LogP contribution in [-0.2, 0) is 11.8 Å². The summed E-state index contributed by atoms with van der Waals surface area (Å²) in [6.45, 7) is 1.83. The molecule has 2 aromatic rings. The van der Waals surface area contributed by atoms with Crippen molar-refractivity contribution < 1.29 is 9.53 Å². The van der Waals surface area contributed by atoms with Crippen molar-refractivity contribution in [3.63, 3.8) is 0 Å². The van der Waals surface area contributed by atoms with Gasteiger partial charge in [0, 0.05) is 25.1 Å². The molecule has 0 aliphatic rings. The lowest BCUT2D eigenvalue weighted by atomic mass is 10.2. The van der Waals surface area contributed by atoms with Gasteiger partial charge < -0.3 is 20.4 Å². The largest absolute Gasteiger partial charge is 0.495 e. The maximum atomic E-state index is 12.3. The molecule has 6 nitrogen and oxygen atoms in total. The van der Waals surface area contributed by atoms with Crippen molar-refractivity contribution in [2.45, 2.75) is 17.3 Å². The number of carbonyl (C=O) groups is 1. The van der Waals surface area contributed by atoms with Gasteiger partial charge in [-0.1, -0.05) is 11.8 Å². The van der Waals surface area contributed by atoms with E-state index in [1.807, 2.05) is 24.7 Å². The smallest absolute Gasteiger partial charge is 0.237 e. The van der Waals surface area contributed by atoms with Crippen LogP contribution in [0, 0.1) is 0 Å². The Kier molecular flexibility index (Phi) is 4.74. The summed E-state index contributed by atoms with van der Waals surface area (Å²) in [5, 5.41) is 3.33. The van der Waals surface area contributed by atoms with Crippen LogP contribution in [0.25, 0.3) is 0 Å². The molecule has 0 fully saturated rings. The van der Waals surface area contributed by atoms with E-state index in [-0.39, 0.29) is 11.2 Å². The fraction of sp³-hybridized carbons (Fsp3) is 0.286. The zero-order valence-corrected chi connectivity index (χ0v) is 13.0.